The summed E-state index contributed by atoms with van der Waals surface area (Å²) in [5, 5.41) is 6.21. The molecule has 1 aliphatic heterocycles. The fourth-order valence-electron chi connectivity index (χ4n) is 5.53. The number of benzene rings is 4. The Hall–Kier alpha value is -4.05. The van der Waals surface area contributed by atoms with Crippen LogP contribution in [0.25, 0.3) is 10.8 Å². The van der Waals surface area contributed by atoms with Gasteiger partial charge < -0.3 is 14.8 Å². The Kier molecular flexibility index (Phi) is 5.94. The van der Waals surface area contributed by atoms with Crippen molar-refractivity contribution < 1.29 is 14.3 Å². The van der Waals surface area contributed by atoms with Crippen LogP contribution in [0.3, 0.4) is 0 Å². The Balaban J connectivity index is 1.18. The molecule has 0 aromatic heterocycles. The molecule has 4 aromatic carbocycles. The lowest BCUT2D eigenvalue weighted by Gasteiger charge is -2.37. The summed E-state index contributed by atoms with van der Waals surface area (Å²) in [5.74, 6) is 1.28. The van der Waals surface area contributed by atoms with Crippen molar-refractivity contribution in [1.82, 2.24) is 0 Å². The van der Waals surface area contributed by atoms with Gasteiger partial charge in [-0.3, -0.25) is 0 Å². The fourth-order valence-corrected chi connectivity index (χ4v) is 5.53. The summed E-state index contributed by atoms with van der Waals surface area (Å²) in [4.78, 5) is 12.3. The minimum atomic E-state index is -0.264. The predicted octanol–water partition coefficient (Wildman–Crippen LogP) is 7.42. The summed E-state index contributed by atoms with van der Waals surface area (Å²) in [7, 11) is 0. The van der Waals surface area contributed by atoms with Crippen LogP contribution in [0.15, 0.2) is 97.1 Å². The number of ether oxygens (including phenoxy) is 2. The number of hydrogen-bond donors (Lipinski definition) is 1. The molecule has 1 aliphatic carbocycles. The molecule has 0 saturated heterocycles. The lowest BCUT2D eigenvalue weighted by Crippen LogP contribution is -2.29. The third-order valence-electron chi connectivity index (χ3n) is 7.33. The quantitative estimate of drug-likeness (QED) is 0.233. The van der Waals surface area contributed by atoms with Crippen LogP contribution in [-0.4, -0.2) is 12.6 Å². The highest BCUT2D eigenvalue weighted by Gasteiger charge is 2.38. The average Bonchev–Trinajstić information content (AvgIpc) is 3.42. The lowest BCUT2D eigenvalue weighted by molar-refractivity contribution is 0.0526. The molecule has 0 fully saturated rings. The Morgan fingerprint density at radius 3 is 2.61 bits per heavy atom. The van der Waals surface area contributed by atoms with Crippen LogP contribution in [0.2, 0.25) is 0 Å². The van der Waals surface area contributed by atoms with Crippen LogP contribution in [0, 0.1) is 5.92 Å². The topological polar surface area (TPSA) is 47.6 Å². The van der Waals surface area contributed by atoms with Crippen molar-refractivity contribution in [2.45, 2.75) is 31.9 Å². The Bertz CT molecular complexity index is 1440. The van der Waals surface area contributed by atoms with E-state index in [4.69, 9.17) is 9.47 Å². The molecule has 0 saturated carbocycles. The fraction of sp³-hybridized carbons (Fsp3) is 0.219. The van der Waals surface area contributed by atoms with Gasteiger partial charge >= 0.3 is 5.97 Å². The van der Waals surface area contributed by atoms with Crippen molar-refractivity contribution in [3.05, 3.63) is 119 Å². The van der Waals surface area contributed by atoms with Crippen LogP contribution in [-0.2, 0) is 11.3 Å². The first-order valence-electron chi connectivity index (χ1n) is 12.6. The zero-order valence-electron chi connectivity index (χ0n) is 20.3. The summed E-state index contributed by atoms with van der Waals surface area (Å²) < 4.78 is 11.3. The minimum absolute atomic E-state index is 0.195. The van der Waals surface area contributed by atoms with Crippen molar-refractivity contribution in [1.29, 1.82) is 0 Å². The molecule has 0 unspecified atom stereocenters. The molecule has 3 atom stereocenters. The molecule has 4 aromatic rings. The molecule has 6 rings (SSSR count). The third kappa shape index (κ3) is 4.24. The van der Waals surface area contributed by atoms with Gasteiger partial charge in [0.25, 0.3) is 0 Å². The van der Waals surface area contributed by atoms with Gasteiger partial charge in [0.1, 0.15) is 12.4 Å². The van der Waals surface area contributed by atoms with E-state index in [1.165, 1.54) is 21.9 Å². The van der Waals surface area contributed by atoms with Crippen molar-refractivity contribution in [3.8, 4) is 5.75 Å². The maximum Gasteiger partial charge on any atom is 0.338 e. The molecule has 0 spiro atoms. The lowest BCUT2D eigenvalue weighted by atomic mass is 9.76. The van der Waals surface area contributed by atoms with E-state index in [9.17, 15) is 4.79 Å². The molecule has 1 N–H and O–H groups in total. The standard InChI is InChI=1S/C32H29NO3/c1-2-35-32(34)25-14-17-30-29(19-25)27-8-5-9-28(27)31(33-30)23-12-15-26(16-13-23)36-20-21-10-11-22-6-3-4-7-24(22)18-21/h3-8,10-19,27-28,31,33H,2,9,20H2,1H3/t27-,28+,31+/m1/s1. The van der Waals surface area contributed by atoms with Crippen LogP contribution >= 0.6 is 0 Å². The molecule has 1 heterocycles. The molecule has 2 aliphatic rings. The van der Waals surface area contributed by atoms with E-state index in [0.717, 1.165) is 23.4 Å². The number of hydrogen-bond acceptors (Lipinski definition) is 4. The number of rotatable bonds is 6. The largest absolute Gasteiger partial charge is 0.489 e. The van der Waals surface area contributed by atoms with E-state index in [0.29, 0.717) is 24.7 Å². The van der Waals surface area contributed by atoms with Crippen molar-refractivity contribution in [2.24, 2.45) is 5.92 Å². The number of esters is 1. The van der Waals surface area contributed by atoms with Gasteiger partial charge in [-0.25, -0.2) is 4.79 Å². The van der Waals surface area contributed by atoms with Gasteiger partial charge in [-0.2, -0.15) is 0 Å². The molecule has 180 valence electrons. The van der Waals surface area contributed by atoms with Crippen LogP contribution in [0.1, 0.15) is 52.4 Å². The highest BCUT2D eigenvalue weighted by molar-refractivity contribution is 5.90. The second-order valence-electron chi connectivity index (χ2n) is 9.54. The highest BCUT2D eigenvalue weighted by atomic mass is 16.5. The van der Waals surface area contributed by atoms with E-state index in [1.807, 2.05) is 25.1 Å². The van der Waals surface area contributed by atoms with Gasteiger partial charge in [-0.15, -0.1) is 0 Å². The average molecular weight is 476 g/mol. The molecule has 0 radical (unpaired) electrons. The number of allylic oxidation sites excluding steroid dienone is 2. The van der Waals surface area contributed by atoms with E-state index < -0.39 is 0 Å². The van der Waals surface area contributed by atoms with Gasteiger partial charge in [0.05, 0.1) is 18.2 Å². The normalized spacial score (nSPS) is 19.9. The van der Waals surface area contributed by atoms with E-state index >= 15 is 0 Å². The molecule has 4 heteroatoms. The van der Waals surface area contributed by atoms with Gasteiger partial charge in [0.15, 0.2) is 0 Å². The predicted molar refractivity (Wildman–Crippen MR) is 143 cm³/mol. The van der Waals surface area contributed by atoms with Crippen LogP contribution in [0.4, 0.5) is 5.69 Å². The monoisotopic (exact) mass is 475 g/mol. The number of carbonyl (C=O) groups excluding carboxylic acids is 1. The summed E-state index contributed by atoms with van der Waals surface area (Å²) in [5.41, 5.74) is 5.27. The highest BCUT2D eigenvalue weighted by Crippen LogP contribution is 2.50. The van der Waals surface area contributed by atoms with E-state index in [-0.39, 0.29) is 17.9 Å². The second-order valence-corrected chi connectivity index (χ2v) is 9.54. The summed E-state index contributed by atoms with van der Waals surface area (Å²) in [6.07, 6.45) is 5.55. The van der Waals surface area contributed by atoms with E-state index in [2.05, 4.69) is 84.2 Å². The number of fused-ring (bicyclic) bond motifs is 4. The summed E-state index contributed by atoms with van der Waals surface area (Å²) in [6, 6.07) is 29.4. The third-order valence-corrected chi connectivity index (χ3v) is 7.33. The maximum atomic E-state index is 12.3. The van der Waals surface area contributed by atoms with Crippen molar-refractivity contribution in [2.75, 3.05) is 11.9 Å². The molecular weight excluding hydrogens is 446 g/mol. The summed E-state index contributed by atoms with van der Waals surface area (Å²) >= 11 is 0. The second kappa shape index (κ2) is 9.54. The maximum absolute atomic E-state index is 12.3. The molecule has 4 nitrogen and oxygen atoms in total. The van der Waals surface area contributed by atoms with Gasteiger partial charge in [0, 0.05) is 11.6 Å². The first-order chi connectivity index (χ1) is 17.7. The van der Waals surface area contributed by atoms with E-state index in [1.54, 1.807) is 0 Å². The molecule has 0 amide bonds. The minimum Gasteiger partial charge on any atom is -0.489 e. The smallest absolute Gasteiger partial charge is 0.338 e. The van der Waals surface area contributed by atoms with Crippen LogP contribution < -0.4 is 10.1 Å². The Morgan fingerprint density at radius 1 is 0.944 bits per heavy atom. The Morgan fingerprint density at radius 2 is 1.78 bits per heavy atom. The first-order valence-corrected chi connectivity index (χ1v) is 12.6. The van der Waals surface area contributed by atoms with Gasteiger partial charge in [-0.05, 0) is 83.1 Å². The van der Waals surface area contributed by atoms with Crippen LogP contribution in [0.5, 0.6) is 5.75 Å². The zero-order valence-corrected chi connectivity index (χ0v) is 20.3. The van der Waals surface area contributed by atoms with Gasteiger partial charge in [-0.1, -0.05) is 60.7 Å². The van der Waals surface area contributed by atoms with Crippen molar-refractivity contribution in [3.63, 3.8) is 0 Å². The molecular formula is C32H29NO3. The molecule has 0 bridgehead atoms. The Labute approximate surface area is 211 Å². The number of nitrogens with one attached hydrogen (secondary N) is 1. The molecule has 36 heavy (non-hydrogen) atoms. The number of carbonyl (C=O) groups is 1. The van der Waals surface area contributed by atoms with Gasteiger partial charge in [0.2, 0.25) is 0 Å². The number of anilines is 1. The zero-order chi connectivity index (χ0) is 24.5. The SMILES string of the molecule is CCOC(=O)c1ccc2c(c1)[C@@H]1C=CC[C@@H]1[C@H](c1ccc(OCc3ccc4ccccc4c3)cc1)N2. The summed E-state index contributed by atoms with van der Waals surface area (Å²) in [6.45, 7) is 2.75. The van der Waals surface area contributed by atoms with Crippen molar-refractivity contribution >= 4 is 22.4 Å². The first kappa shape index (κ1) is 22.4.